The van der Waals surface area contributed by atoms with Gasteiger partial charge in [0.25, 0.3) is 5.56 Å². The predicted molar refractivity (Wildman–Crippen MR) is 114 cm³/mol. The molecule has 0 saturated heterocycles. The lowest BCUT2D eigenvalue weighted by Gasteiger charge is -2.16. The minimum absolute atomic E-state index is 0.198. The lowest BCUT2D eigenvalue weighted by molar-refractivity contribution is -0.274. The first-order valence-electron chi connectivity index (χ1n) is 9.60. The summed E-state index contributed by atoms with van der Waals surface area (Å²) in [6, 6.07) is 28.1. The number of hydrogen-bond donors (Lipinski definition) is 0. The van der Waals surface area contributed by atoms with Gasteiger partial charge in [-0.1, -0.05) is 60.7 Å². The first-order chi connectivity index (χ1) is 14.9. The largest absolute Gasteiger partial charge is 0.573 e. The molecule has 4 aromatic rings. The Morgan fingerprint density at radius 1 is 0.710 bits per heavy atom. The van der Waals surface area contributed by atoms with E-state index in [0.29, 0.717) is 17.8 Å². The van der Waals surface area contributed by atoms with Crippen LogP contribution in [0.4, 0.5) is 13.2 Å². The van der Waals surface area contributed by atoms with Gasteiger partial charge in [0.05, 0.1) is 12.2 Å². The molecule has 0 aliphatic heterocycles. The summed E-state index contributed by atoms with van der Waals surface area (Å²) in [6.07, 6.45) is -4.75. The van der Waals surface area contributed by atoms with Gasteiger partial charge in [0.1, 0.15) is 5.75 Å². The third-order valence-corrected chi connectivity index (χ3v) is 4.86. The van der Waals surface area contributed by atoms with E-state index < -0.39 is 6.36 Å². The molecule has 0 aliphatic carbocycles. The number of pyridine rings is 1. The van der Waals surface area contributed by atoms with Crippen molar-refractivity contribution in [3.05, 3.63) is 113 Å². The van der Waals surface area contributed by atoms with Crippen molar-refractivity contribution in [1.82, 2.24) is 4.57 Å². The van der Waals surface area contributed by atoms with Crippen LogP contribution in [0.1, 0.15) is 5.56 Å². The molecular weight excluding hydrogens is 403 g/mol. The number of aromatic nitrogens is 1. The van der Waals surface area contributed by atoms with Crippen molar-refractivity contribution in [3.63, 3.8) is 0 Å². The summed E-state index contributed by atoms with van der Waals surface area (Å²) in [7, 11) is 0. The van der Waals surface area contributed by atoms with E-state index in [-0.39, 0.29) is 11.3 Å². The summed E-state index contributed by atoms with van der Waals surface area (Å²) in [6.45, 7) is 0.320. The SMILES string of the molecule is O=c1cccc(-c2ccc(OC(F)(F)F)cc2)n1Cc1ccccc1-c1ccccc1. The Labute approximate surface area is 177 Å². The van der Waals surface area contributed by atoms with Crippen molar-refractivity contribution in [2.24, 2.45) is 0 Å². The molecule has 0 spiro atoms. The zero-order valence-corrected chi connectivity index (χ0v) is 16.3. The molecule has 0 amide bonds. The van der Waals surface area contributed by atoms with Gasteiger partial charge in [-0.05, 0) is 52.6 Å². The second-order valence-electron chi connectivity index (χ2n) is 6.93. The molecule has 0 N–H and O–H groups in total. The smallest absolute Gasteiger partial charge is 0.406 e. The molecule has 0 fully saturated rings. The Morgan fingerprint density at radius 3 is 2.10 bits per heavy atom. The molecule has 3 nitrogen and oxygen atoms in total. The van der Waals surface area contributed by atoms with Crippen LogP contribution >= 0.6 is 0 Å². The molecule has 31 heavy (non-hydrogen) atoms. The Bertz CT molecular complexity index is 1230. The van der Waals surface area contributed by atoms with E-state index in [0.717, 1.165) is 16.7 Å². The van der Waals surface area contributed by atoms with Crippen molar-refractivity contribution in [1.29, 1.82) is 0 Å². The van der Waals surface area contributed by atoms with E-state index in [2.05, 4.69) is 4.74 Å². The van der Waals surface area contributed by atoms with Gasteiger partial charge in [-0.25, -0.2) is 0 Å². The molecule has 0 saturated carbocycles. The number of ether oxygens (including phenoxy) is 1. The van der Waals surface area contributed by atoms with E-state index >= 15 is 0 Å². The van der Waals surface area contributed by atoms with Gasteiger partial charge < -0.3 is 9.30 Å². The summed E-state index contributed by atoms with van der Waals surface area (Å²) >= 11 is 0. The van der Waals surface area contributed by atoms with Crippen molar-refractivity contribution in [2.75, 3.05) is 0 Å². The fourth-order valence-electron chi connectivity index (χ4n) is 3.49. The molecule has 0 radical (unpaired) electrons. The van der Waals surface area contributed by atoms with E-state index in [1.54, 1.807) is 16.7 Å². The fraction of sp³-hybridized carbons (Fsp3) is 0.0800. The zero-order chi connectivity index (χ0) is 21.8. The summed E-state index contributed by atoms with van der Waals surface area (Å²) < 4.78 is 42.9. The average Bonchev–Trinajstić information content (AvgIpc) is 2.76. The number of halogens is 3. The molecule has 6 heteroatoms. The predicted octanol–water partition coefficient (Wildman–Crippen LogP) is 6.13. The van der Waals surface area contributed by atoms with Crippen molar-refractivity contribution in [3.8, 4) is 28.1 Å². The molecule has 1 aromatic heterocycles. The zero-order valence-electron chi connectivity index (χ0n) is 16.3. The van der Waals surface area contributed by atoms with Crippen molar-refractivity contribution in [2.45, 2.75) is 12.9 Å². The van der Waals surface area contributed by atoms with Gasteiger partial charge in [0.15, 0.2) is 0 Å². The molecule has 156 valence electrons. The molecule has 0 bridgehead atoms. The monoisotopic (exact) mass is 421 g/mol. The molecule has 0 atom stereocenters. The van der Waals surface area contributed by atoms with Crippen LogP contribution in [0.3, 0.4) is 0 Å². The number of benzene rings is 3. The number of alkyl halides is 3. The van der Waals surface area contributed by atoms with Crippen molar-refractivity contribution >= 4 is 0 Å². The Kier molecular flexibility index (Phi) is 5.62. The minimum atomic E-state index is -4.75. The fourth-order valence-corrected chi connectivity index (χ4v) is 3.49. The lowest BCUT2D eigenvalue weighted by atomic mass is 9.99. The summed E-state index contributed by atoms with van der Waals surface area (Å²) in [5.41, 5.74) is 4.03. The normalized spacial score (nSPS) is 11.3. The Balaban J connectivity index is 1.72. The number of hydrogen-bond acceptors (Lipinski definition) is 2. The van der Waals surface area contributed by atoms with Crippen LogP contribution in [0.15, 0.2) is 102 Å². The van der Waals surface area contributed by atoms with Gasteiger partial charge >= 0.3 is 6.36 Å². The van der Waals surface area contributed by atoms with E-state index in [1.165, 1.54) is 30.3 Å². The standard InChI is InChI=1S/C25H18F3NO2/c26-25(27,28)31-21-15-13-19(14-16-21)23-11-6-12-24(30)29(23)17-20-9-4-5-10-22(20)18-7-2-1-3-8-18/h1-16H,17H2. The summed E-state index contributed by atoms with van der Waals surface area (Å²) in [5, 5.41) is 0. The third kappa shape index (κ3) is 4.86. The number of rotatable bonds is 5. The van der Waals surface area contributed by atoms with Gasteiger partial charge in [-0.15, -0.1) is 13.2 Å². The minimum Gasteiger partial charge on any atom is -0.406 e. The molecule has 0 aliphatic rings. The second-order valence-corrected chi connectivity index (χ2v) is 6.93. The van der Waals surface area contributed by atoms with Gasteiger partial charge in [0, 0.05) is 6.07 Å². The topological polar surface area (TPSA) is 31.2 Å². The lowest BCUT2D eigenvalue weighted by Crippen LogP contribution is -2.21. The molecular formula is C25H18F3NO2. The average molecular weight is 421 g/mol. The van der Waals surface area contributed by atoms with Crippen LogP contribution in [0, 0.1) is 0 Å². The van der Waals surface area contributed by atoms with Crippen LogP contribution in [-0.4, -0.2) is 10.9 Å². The van der Waals surface area contributed by atoms with Crippen molar-refractivity contribution < 1.29 is 17.9 Å². The quantitative estimate of drug-likeness (QED) is 0.388. The Hall–Kier alpha value is -3.80. The summed E-state index contributed by atoms with van der Waals surface area (Å²) in [4.78, 5) is 12.7. The van der Waals surface area contributed by atoms with Gasteiger partial charge in [-0.2, -0.15) is 0 Å². The molecule has 0 unspecified atom stereocenters. The highest BCUT2D eigenvalue weighted by Crippen LogP contribution is 2.28. The van der Waals surface area contributed by atoms with E-state index in [9.17, 15) is 18.0 Å². The van der Waals surface area contributed by atoms with Crippen LogP contribution < -0.4 is 10.3 Å². The maximum Gasteiger partial charge on any atom is 0.573 e. The maximum absolute atomic E-state index is 12.7. The highest BCUT2D eigenvalue weighted by atomic mass is 19.4. The second kappa shape index (κ2) is 8.52. The Morgan fingerprint density at radius 2 is 1.39 bits per heavy atom. The highest BCUT2D eigenvalue weighted by molar-refractivity contribution is 5.68. The van der Waals surface area contributed by atoms with Crippen LogP contribution in [0.2, 0.25) is 0 Å². The van der Waals surface area contributed by atoms with Gasteiger partial charge in [-0.3, -0.25) is 4.79 Å². The molecule has 4 rings (SSSR count). The third-order valence-electron chi connectivity index (χ3n) is 4.86. The van der Waals surface area contributed by atoms with Crippen LogP contribution in [-0.2, 0) is 6.54 Å². The molecule has 3 aromatic carbocycles. The number of nitrogens with zero attached hydrogens (tertiary/aromatic N) is 1. The first kappa shape index (κ1) is 20.5. The first-order valence-corrected chi connectivity index (χ1v) is 9.60. The van der Waals surface area contributed by atoms with E-state index in [1.807, 2.05) is 54.6 Å². The van der Waals surface area contributed by atoms with Crippen LogP contribution in [0.25, 0.3) is 22.4 Å². The molecule has 1 heterocycles. The van der Waals surface area contributed by atoms with E-state index in [4.69, 9.17) is 0 Å². The van der Waals surface area contributed by atoms with Crippen LogP contribution in [0.5, 0.6) is 5.75 Å². The highest BCUT2D eigenvalue weighted by Gasteiger charge is 2.31. The summed E-state index contributed by atoms with van der Waals surface area (Å²) in [5.74, 6) is -0.310. The van der Waals surface area contributed by atoms with Gasteiger partial charge in [0.2, 0.25) is 0 Å². The maximum atomic E-state index is 12.7.